The van der Waals surface area contributed by atoms with Gasteiger partial charge in [0.25, 0.3) is 0 Å². The number of hydrogen-bond donors (Lipinski definition) is 1. The second-order valence-corrected chi connectivity index (χ2v) is 4.95. The van der Waals surface area contributed by atoms with Gasteiger partial charge in [-0.3, -0.25) is 5.32 Å². The summed E-state index contributed by atoms with van der Waals surface area (Å²) in [6, 6.07) is 15.0. The summed E-state index contributed by atoms with van der Waals surface area (Å²) in [6.45, 7) is 2.44. The van der Waals surface area contributed by atoms with Gasteiger partial charge in [0, 0.05) is 11.8 Å². The monoisotopic (exact) mass is 327 g/mol. The Labute approximate surface area is 141 Å². The molecule has 1 amide bonds. The van der Waals surface area contributed by atoms with Gasteiger partial charge in [0.2, 0.25) is 0 Å². The molecule has 2 aromatic rings. The minimum Gasteiger partial charge on any atom is -0.485 e. The second-order valence-electron chi connectivity index (χ2n) is 4.95. The van der Waals surface area contributed by atoms with E-state index in [1.54, 1.807) is 24.5 Å². The minimum absolute atomic E-state index is 0.429. The smallest absolute Gasteiger partial charge is 0.411 e. The summed E-state index contributed by atoms with van der Waals surface area (Å²) in [4.78, 5) is 11.3. The topological polar surface area (TPSA) is 56.8 Å². The lowest BCUT2D eigenvalue weighted by molar-refractivity contribution is 0.187. The predicted octanol–water partition coefficient (Wildman–Crippen LogP) is 4.75. The van der Waals surface area contributed by atoms with Crippen LogP contribution < -0.4 is 14.8 Å². The molecular formula is C19H21NO4. The van der Waals surface area contributed by atoms with Crippen molar-refractivity contribution in [3.8, 4) is 11.5 Å². The third kappa shape index (κ3) is 5.35. The van der Waals surface area contributed by atoms with E-state index in [-0.39, 0.29) is 0 Å². The molecule has 0 saturated heterocycles. The lowest BCUT2D eigenvalue weighted by atomic mass is 10.2. The van der Waals surface area contributed by atoms with E-state index in [0.29, 0.717) is 23.8 Å². The average molecular weight is 327 g/mol. The fourth-order valence-electron chi connectivity index (χ4n) is 1.92. The molecule has 0 aliphatic rings. The van der Waals surface area contributed by atoms with Crippen LogP contribution in [0.5, 0.6) is 11.5 Å². The molecule has 0 spiro atoms. The van der Waals surface area contributed by atoms with Crippen LogP contribution in [-0.4, -0.2) is 13.2 Å². The third-order valence-electron chi connectivity index (χ3n) is 3.14. The Morgan fingerprint density at radius 2 is 1.92 bits per heavy atom. The summed E-state index contributed by atoms with van der Waals surface area (Å²) < 4.78 is 16.1. The lowest BCUT2D eigenvalue weighted by Crippen LogP contribution is -2.11. The van der Waals surface area contributed by atoms with Gasteiger partial charge < -0.3 is 14.2 Å². The van der Waals surface area contributed by atoms with Crippen molar-refractivity contribution in [1.29, 1.82) is 0 Å². The molecule has 24 heavy (non-hydrogen) atoms. The van der Waals surface area contributed by atoms with E-state index in [4.69, 9.17) is 9.47 Å². The van der Waals surface area contributed by atoms with E-state index < -0.39 is 6.09 Å². The van der Waals surface area contributed by atoms with Gasteiger partial charge in [-0.1, -0.05) is 37.3 Å². The van der Waals surface area contributed by atoms with E-state index in [1.807, 2.05) is 43.3 Å². The number of nitrogens with one attached hydrogen (secondary N) is 1. The Balaban J connectivity index is 2.14. The van der Waals surface area contributed by atoms with Crippen LogP contribution in [0.15, 0.2) is 60.9 Å². The number of allylic oxidation sites excluding steroid dienone is 1. The van der Waals surface area contributed by atoms with Crippen LogP contribution in [0, 0.1) is 0 Å². The molecule has 126 valence electrons. The summed E-state index contributed by atoms with van der Waals surface area (Å²) in [5.74, 6) is 1.11. The Kier molecular flexibility index (Phi) is 6.71. The van der Waals surface area contributed by atoms with Crippen molar-refractivity contribution >= 4 is 11.8 Å². The highest BCUT2D eigenvalue weighted by atomic mass is 16.5. The Morgan fingerprint density at radius 3 is 2.62 bits per heavy atom. The highest BCUT2D eigenvalue weighted by molar-refractivity contribution is 5.85. The molecule has 2 aromatic carbocycles. The zero-order valence-corrected chi connectivity index (χ0v) is 13.8. The molecule has 0 aliphatic carbocycles. The van der Waals surface area contributed by atoms with Crippen molar-refractivity contribution < 1.29 is 19.0 Å². The first kappa shape index (κ1) is 17.4. The van der Waals surface area contributed by atoms with Gasteiger partial charge in [0.05, 0.1) is 13.4 Å². The van der Waals surface area contributed by atoms with E-state index in [2.05, 4.69) is 10.1 Å². The molecule has 0 aliphatic heterocycles. The standard InChI is InChI=1S/C19H21NO4/c1-3-4-12-23-18-13-16(20-19(21)22-2)10-11-17(18)24-14-15-8-6-5-7-9-15/h4-13H,3,14H2,1-2H3,(H,20,21). The Bertz CT molecular complexity index is 683. The van der Waals surface area contributed by atoms with E-state index in [9.17, 15) is 4.79 Å². The first-order chi connectivity index (χ1) is 11.7. The SMILES string of the molecule is CCC=COc1cc(NC(=O)OC)ccc1OCc1ccccc1. The van der Waals surface area contributed by atoms with Gasteiger partial charge in [-0.15, -0.1) is 0 Å². The van der Waals surface area contributed by atoms with Crippen LogP contribution in [0.3, 0.4) is 0 Å². The second kappa shape index (κ2) is 9.25. The number of carbonyl (C=O) groups excluding carboxylic acids is 1. The fraction of sp³-hybridized carbons (Fsp3) is 0.211. The summed E-state index contributed by atoms with van der Waals surface area (Å²) in [5, 5.41) is 2.60. The Morgan fingerprint density at radius 1 is 1.12 bits per heavy atom. The van der Waals surface area contributed by atoms with Gasteiger partial charge in [-0.25, -0.2) is 4.79 Å². The molecule has 0 fully saturated rings. The van der Waals surface area contributed by atoms with Crippen LogP contribution in [0.25, 0.3) is 0 Å². The summed E-state index contributed by atoms with van der Waals surface area (Å²) >= 11 is 0. The maximum absolute atomic E-state index is 11.3. The molecule has 0 saturated carbocycles. The quantitative estimate of drug-likeness (QED) is 0.746. The lowest BCUT2D eigenvalue weighted by Gasteiger charge is -2.13. The highest BCUT2D eigenvalue weighted by Gasteiger charge is 2.09. The van der Waals surface area contributed by atoms with Gasteiger partial charge in [0.1, 0.15) is 6.61 Å². The van der Waals surface area contributed by atoms with Gasteiger partial charge in [-0.05, 0) is 30.2 Å². The first-order valence-corrected chi connectivity index (χ1v) is 7.70. The molecule has 0 bridgehead atoms. The summed E-state index contributed by atoms with van der Waals surface area (Å²) in [5.41, 5.74) is 1.62. The van der Waals surface area contributed by atoms with Crippen molar-refractivity contribution in [2.45, 2.75) is 20.0 Å². The fourth-order valence-corrected chi connectivity index (χ4v) is 1.92. The molecule has 1 N–H and O–H groups in total. The number of ether oxygens (including phenoxy) is 3. The van der Waals surface area contributed by atoms with Crippen LogP contribution in [-0.2, 0) is 11.3 Å². The van der Waals surface area contributed by atoms with Crippen molar-refractivity contribution in [2.24, 2.45) is 0 Å². The molecule has 0 unspecified atom stereocenters. The Hall–Kier alpha value is -2.95. The van der Waals surface area contributed by atoms with E-state index in [0.717, 1.165) is 12.0 Å². The van der Waals surface area contributed by atoms with Crippen LogP contribution in [0.1, 0.15) is 18.9 Å². The van der Waals surface area contributed by atoms with Crippen molar-refractivity contribution in [3.05, 3.63) is 66.4 Å². The van der Waals surface area contributed by atoms with Crippen LogP contribution in [0.2, 0.25) is 0 Å². The maximum Gasteiger partial charge on any atom is 0.411 e. The normalized spacial score (nSPS) is 10.4. The minimum atomic E-state index is -0.539. The van der Waals surface area contributed by atoms with Gasteiger partial charge in [-0.2, -0.15) is 0 Å². The summed E-state index contributed by atoms with van der Waals surface area (Å²) in [6.07, 6.45) is 3.82. The molecular weight excluding hydrogens is 306 g/mol. The first-order valence-electron chi connectivity index (χ1n) is 7.70. The zero-order valence-electron chi connectivity index (χ0n) is 13.8. The highest BCUT2D eigenvalue weighted by Crippen LogP contribution is 2.31. The number of rotatable bonds is 7. The molecule has 0 atom stereocenters. The zero-order chi connectivity index (χ0) is 17.2. The number of carbonyl (C=O) groups is 1. The summed E-state index contributed by atoms with van der Waals surface area (Å²) in [7, 11) is 1.31. The predicted molar refractivity (Wildman–Crippen MR) is 93.3 cm³/mol. The van der Waals surface area contributed by atoms with Crippen LogP contribution >= 0.6 is 0 Å². The van der Waals surface area contributed by atoms with Gasteiger partial charge in [0.15, 0.2) is 11.5 Å². The third-order valence-corrected chi connectivity index (χ3v) is 3.14. The molecule has 0 heterocycles. The maximum atomic E-state index is 11.3. The molecule has 5 heteroatoms. The largest absolute Gasteiger partial charge is 0.485 e. The number of amides is 1. The van der Waals surface area contributed by atoms with E-state index >= 15 is 0 Å². The number of hydrogen-bond acceptors (Lipinski definition) is 4. The van der Waals surface area contributed by atoms with Crippen molar-refractivity contribution in [1.82, 2.24) is 0 Å². The van der Waals surface area contributed by atoms with Crippen molar-refractivity contribution in [3.63, 3.8) is 0 Å². The average Bonchev–Trinajstić information content (AvgIpc) is 2.62. The molecule has 2 rings (SSSR count). The van der Waals surface area contributed by atoms with Gasteiger partial charge >= 0.3 is 6.09 Å². The van der Waals surface area contributed by atoms with Crippen molar-refractivity contribution in [2.75, 3.05) is 12.4 Å². The molecule has 5 nitrogen and oxygen atoms in total. The number of benzene rings is 2. The molecule has 0 aromatic heterocycles. The molecule has 0 radical (unpaired) electrons. The van der Waals surface area contributed by atoms with E-state index in [1.165, 1.54) is 7.11 Å². The van der Waals surface area contributed by atoms with Crippen LogP contribution in [0.4, 0.5) is 10.5 Å². The number of anilines is 1. The number of methoxy groups -OCH3 is 1.